The lowest BCUT2D eigenvalue weighted by Gasteiger charge is -2.19. The van der Waals surface area contributed by atoms with Crippen molar-refractivity contribution in [3.05, 3.63) is 47.5 Å². The van der Waals surface area contributed by atoms with E-state index in [4.69, 9.17) is 18.0 Å². The van der Waals surface area contributed by atoms with Gasteiger partial charge in [0.25, 0.3) is 0 Å². The Bertz CT molecular complexity index is 577. The fraction of sp³-hybridized carbons (Fsp3) is 0.400. The number of aromatic nitrogens is 3. The van der Waals surface area contributed by atoms with Crippen molar-refractivity contribution >= 4 is 17.2 Å². The molecule has 0 aliphatic rings. The predicted molar refractivity (Wildman–Crippen MR) is 84.8 cm³/mol. The van der Waals surface area contributed by atoms with Crippen molar-refractivity contribution in [3.63, 3.8) is 0 Å². The van der Waals surface area contributed by atoms with Crippen LogP contribution in [0.15, 0.2) is 30.3 Å². The minimum Gasteiger partial charge on any atom is -0.393 e. The molecule has 0 radical (unpaired) electrons. The summed E-state index contributed by atoms with van der Waals surface area (Å²) in [6.45, 7) is 4.15. The van der Waals surface area contributed by atoms with E-state index in [0.29, 0.717) is 11.4 Å². The molecule has 1 heterocycles. The fourth-order valence-electron chi connectivity index (χ4n) is 2.26. The number of hydrogen-bond acceptors (Lipinski definition) is 3. The second kappa shape index (κ2) is 6.61. The van der Waals surface area contributed by atoms with Crippen LogP contribution in [0.2, 0.25) is 0 Å². The average Bonchev–Trinajstić information content (AvgIpc) is 2.88. The molecular formula is C15H20N4S. The zero-order valence-electron chi connectivity index (χ0n) is 11.9. The molecule has 5 heteroatoms. The van der Waals surface area contributed by atoms with Gasteiger partial charge in [0.05, 0.1) is 11.0 Å². The predicted octanol–water partition coefficient (Wildman–Crippen LogP) is 2.67. The number of rotatable bonds is 6. The van der Waals surface area contributed by atoms with Gasteiger partial charge in [-0.05, 0) is 5.56 Å². The Hall–Kier alpha value is -1.75. The first-order chi connectivity index (χ1) is 9.65. The summed E-state index contributed by atoms with van der Waals surface area (Å²) in [5.41, 5.74) is 6.92. The highest BCUT2D eigenvalue weighted by atomic mass is 32.1. The number of thiocarbonyl (C=S) groups is 1. The van der Waals surface area contributed by atoms with Crippen LogP contribution >= 0.6 is 12.2 Å². The second-order valence-electron chi connectivity index (χ2n) is 4.69. The zero-order chi connectivity index (χ0) is 14.5. The zero-order valence-corrected chi connectivity index (χ0v) is 12.7. The Morgan fingerprint density at radius 2 is 1.95 bits per heavy atom. The van der Waals surface area contributed by atoms with Gasteiger partial charge in [-0.15, -0.1) is 0 Å². The molecule has 2 rings (SSSR count). The summed E-state index contributed by atoms with van der Waals surface area (Å²) < 4.78 is 1.98. The van der Waals surface area contributed by atoms with Crippen LogP contribution in [0.1, 0.15) is 43.5 Å². The normalized spacial score (nSPS) is 12.3. The highest BCUT2D eigenvalue weighted by molar-refractivity contribution is 7.80. The highest BCUT2D eigenvalue weighted by Crippen LogP contribution is 2.23. The van der Waals surface area contributed by atoms with Crippen LogP contribution in [0.25, 0.3) is 0 Å². The van der Waals surface area contributed by atoms with Crippen LogP contribution in [0, 0.1) is 0 Å². The number of aryl methyl sites for hydroxylation is 2. The van der Waals surface area contributed by atoms with Crippen LogP contribution < -0.4 is 5.73 Å². The third-order valence-electron chi connectivity index (χ3n) is 3.25. The van der Waals surface area contributed by atoms with Crippen molar-refractivity contribution in [3.8, 4) is 0 Å². The molecule has 0 saturated heterocycles. The molecule has 20 heavy (non-hydrogen) atoms. The molecule has 2 aromatic rings. The smallest absolute Gasteiger partial charge is 0.150 e. The Labute approximate surface area is 125 Å². The third kappa shape index (κ3) is 3.22. The summed E-state index contributed by atoms with van der Waals surface area (Å²) >= 11 is 5.10. The van der Waals surface area contributed by atoms with E-state index in [-0.39, 0.29) is 6.04 Å². The molecule has 1 atom stereocenters. The number of benzene rings is 1. The van der Waals surface area contributed by atoms with Gasteiger partial charge in [0.15, 0.2) is 5.82 Å². The molecule has 1 aromatic carbocycles. The van der Waals surface area contributed by atoms with Crippen LogP contribution in [0.5, 0.6) is 0 Å². The van der Waals surface area contributed by atoms with Gasteiger partial charge in [0, 0.05) is 19.3 Å². The molecule has 0 amide bonds. The van der Waals surface area contributed by atoms with Gasteiger partial charge in [-0.25, -0.2) is 9.67 Å². The van der Waals surface area contributed by atoms with Crippen molar-refractivity contribution in [2.75, 3.05) is 0 Å². The lowest BCUT2D eigenvalue weighted by Crippen LogP contribution is -2.21. The summed E-state index contributed by atoms with van der Waals surface area (Å²) in [4.78, 5) is 5.06. The van der Waals surface area contributed by atoms with E-state index < -0.39 is 0 Å². The molecule has 0 spiro atoms. The van der Waals surface area contributed by atoms with Crippen LogP contribution in [-0.2, 0) is 12.8 Å². The molecule has 0 saturated carbocycles. The molecule has 0 aliphatic carbocycles. The van der Waals surface area contributed by atoms with Crippen molar-refractivity contribution < 1.29 is 0 Å². The highest BCUT2D eigenvalue weighted by Gasteiger charge is 2.20. The summed E-state index contributed by atoms with van der Waals surface area (Å²) in [6, 6.07) is 10.2. The van der Waals surface area contributed by atoms with Gasteiger partial charge in [0.2, 0.25) is 0 Å². The minimum atomic E-state index is 0.0245. The number of hydrogen-bond donors (Lipinski definition) is 1. The van der Waals surface area contributed by atoms with Crippen molar-refractivity contribution in [1.29, 1.82) is 0 Å². The maximum Gasteiger partial charge on any atom is 0.150 e. The molecule has 4 nitrogen and oxygen atoms in total. The van der Waals surface area contributed by atoms with E-state index in [1.54, 1.807) is 0 Å². The van der Waals surface area contributed by atoms with Crippen molar-refractivity contribution in [2.24, 2.45) is 5.73 Å². The van der Waals surface area contributed by atoms with E-state index in [1.807, 2.05) is 22.9 Å². The second-order valence-corrected chi connectivity index (χ2v) is 5.22. The standard InChI is InChI=1S/C15H20N4S/c1-3-14-17-15(4-2)19(18-14)12(10-13(16)20)11-8-6-5-7-9-11/h5-9,12H,3-4,10H2,1-2H3,(H2,16,20). The Morgan fingerprint density at radius 3 is 2.50 bits per heavy atom. The fourth-order valence-corrected chi connectivity index (χ4v) is 2.41. The molecule has 1 unspecified atom stereocenters. The summed E-state index contributed by atoms with van der Waals surface area (Å²) in [6.07, 6.45) is 2.26. The van der Waals surface area contributed by atoms with Gasteiger partial charge in [-0.1, -0.05) is 56.4 Å². The largest absolute Gasteiger partial charge is 0.393 e. The first-order valence-electron chi connectivity index (χ1n) is 6.93. The SMILES string of the molecule is CCc1nc(CC)n(C(CC(N)=S)c2ccccc2)n1. The maximum atomic E-state index is 5.77. The van der Waals surface area contributed by atoms with E-state index in [9.17, 15) is 0 Å². The van der Waals surface area contributed by atoms with E-state index in [2.05, 4.69) is 36.1 Å². The monoisotopic (exact) mass is 288 g/mol. The van der Waals surface area contributed by atoms with Gasteiger partial charge >= 0.3 is 0 Å². The number of nitrogens with zero attached hydrogens (tertiary/aromatic N) is 3. The molecule has 1 aromatic heterocycles. The Morgan fingerprint density at radius 1 is 1.25 bits per heavy atom. The molecular weight excluding hydrogens is 268 g/mol. The first kappa shape index (κ1) is 14.7. The summed E-state index contributed by atoms with van der Waals surface area (Å²) in [5.74, 6) is 1.85. The molecule has 0 fully saturated rings. The Kier molecular flexibility index (Phi) is 4.84. The van der Waals surface area contributed by atoms with Crippen LogP contribution in [0.4, 0.5) is 0 Å². The van der Waals surface area contributed by atoms with E-state index in [1.165, 1.54) is 0 Å². The third-order valence-corrected chi connectivity index (χ3v) is 3.42. The van der Waals surface area contributed by atoms with Crippen molar-refractivity contribution in [2.45, 2.75) is 39.2 Å². The number of nitrogens with two attached hydrogens (primary N) is 1. The molecule has 0 aliphatic heterocycles. The van der Waals surface area contributed by atoms with Crippen LogP contribution in [-0.4, -0.2) is 19.8 Å². The van der Waals surface area contributed by atoms with E-state index >= 15 is 0 Å². The Balaban J connectivity index is 2.46. The maximum absolute atomic E-state index is 5.77. The van der Waals surface area contributed by atoms with Crippen molar-refractivity contribution in [1.82, 2.24) is 14.8 Å². The summed E-state index contributed by atoms with van der Waals surface area (Å²) in [5, 5.41) is 4.62. The molecule has 2 N–H and O–H groups in total. The lowest BCUT2D eigenvalue weighted by atomic mass is 10.0. The van der Waals surface area contributed by atoms with Gasteiger partial charge in [-0.2, -0.15) is 5.10 Å². The minimum absolute atomic E-state index is 0.0245. The summed E-state index contributed by atoms with van der Waals surface area (Å²) in [7, 11) is 0. The van der Waals surface area contributed by atoms with Crippen LogP contribution in [0.3, 0.4) is 0 Å². The van der Waals surface area contributed by atoms with E-state index in [0.717, 1.165) is 30.1 Å². The van der Waals surface area contributed by atoms with Gasteiger partial charge in [-0.3, -0.25) is 0 Å². The quantitative estimate of drug-likeness (QED) is 0.830. The lowest BCUT2D eigenvalue weighted by molar-refractivity contribution is 0.511. The molecule has 0 bridgehead atoms. The average molecular weight is 288 g/mol. The first-order valence-corrected chi connectivity index (χ1v) is 7.34. The van der Waals surface area contributed by atoms with Gasteiger partial charge < -0.3 is 5.73 Å². The van der Waals surface area contributed by atoms with Gasteiger partial charge in [0.1, 0.15) is 5.82 Å². The topological polar surface area (TPSA) is 56.7 Å². The molecule has 106 valence electrons.